The van der Waals surface area contributed by atoms with Gasteiger partial charge < -0.3 is 11.1 Å². The second-order valence-electron chi connectivity index (χ2n) is 7.15. The minimum absolute atomic E-state index is 0.462. The number of nitrogens with zero attached hydrogens (tertiary/aromatic N) is 4. The van der Waals surface area contributed by atoms with E-state index < -0.39 is 0 Å². The predicted octanol–water partition coefficient (Wildman–Crippen LogP) is 3.77. The number of rotatable bonds is 4. The molecule has 3 aromatic heterocycles. The molecule has 1 aliphatic carbocycles. The van der Waals surface area contributed by atoms with Crippen LogP contribution in [0.2, 0.25) is 0 Å². The van der Waals surface area contributed by atoms with Gasteiger partial charge in [0.1, 0.15) is 5.69 Å². The fourth-order valence-corrected chi connectivity index (χ4v) is 3.76. The van der Waals surface area contributed by atoms with Crippen molar-refractivity contribution >= 4 is 5.71 Å². The van der Waals surface area contributed by atoms with Crippen LogP contribution in [-0.2, 0) is 13.0 Å². The summed E-state index contributed by atoms with van der Waals surface area (Å²) >= 11 is 0. The van der Waals surface area contributed by atoms with Crippen molar-refractivity contribution in [2.24, 2.45) is 5.73 Å². The molecule has 1 aliphatic rings. The zero-order chi connectivity index (χ0) is 19.8. The molecule has 0 saturated carbocycles. The quantitative estimate of drug-likeness (QED) is 0.563. The van der Waals surface area contributed by atoms with E-state index in [2.05, 4.69) is 28.2 Å². The maximum Gasteiger partial charge on any atom is 0.153 e. The molecular weight excluding hydrogens is 360 g/mol. The normalized spacial score (nSPS) is 12.9. The van der Waals surface area contributed by atoms with Crippen LogP contribution in [0.15, 0.2) is 67.3 Å². The monoisotopic (exact) mass is 380 g/mol. The Kier molecular flexibility index (Phi) is 4.26. The van der Waals surface area contributed by atoms with Crippen molar-refractivity contribution in [3.63, 3.8) is 0 Å². The molecule has 0 unspecified atom stereocenters. The number of nitrogens with one attached hydrogen (secondary N) is 1. The van der Waals surface area contributed by atoms with E-state index in [4.69, 9.17) is 16.2 Å². The Morgan fingerprint density at radius 1 is 0.966 bits per heavy atom. The summed E-state index contributed by atoms with van der Waals surface area (Å²) in [5, 5.41) is 12.9. The zero-order valence-corrected chi connectivity index (χ0v) is 15.8. The summed E-state index contributed by atoms with van der Waals surface area (Å²) in [5.74, 6) is 0.742. The van der Waals surface area contributed by atoms with Gasteiger partial charge in [-0.05, 0) is 53.3 Å². The molecular formula is C23H20N6. The van der Waals surface area contributed by atoms with Crippen molar-refractivity contribution in [1.29, 1.82) is 5.41 Å². The third-order valence-corrected chi connectivity index (χ3v) is 5.33. The maximum atomic E-state index is 8.09. The van der Waals surface area contributed by atoms with E-state index in [1.54, 1.807) is 23.3 Å². The Morgan fingerprint density at radius 3 is 2.59 bits per heavy atom. The van der Waals surface area contributed by atoms with Crippen LogP contribution >= 0.6 is 0 Å². The summed E-state index contributed by atoms with van der Waals surface area (Å²) in [4.78, 5) is 8.64. The van der Waals surface area contributed by atoms with Gasteiger partial charge in [-0.3, -0.25) is 4.98 Å². The number of fused-ring (bicyclic) bond motifs is 1. The largest absolute Gasteiger partial charge is 0.326 e. The Morgan fingerprint density at radius 2 is 1.83 bits per heavy atom. The highest BCUT2D eigenvalue weighted by molar-refractivity contribution is 6.03. The van der Waals surface area contributed by atoms with Crippen molar-refractivity contribution in [3.8, 4) is 28.2 Å². The van der Waals surface area contributed by atoms with E-state index in [9.17, 15) is 0 Å². The Balaban J connectivity index is 1.65. The molecule has 29 heavy (non-hydrogen) atoms. The summed E-state index contributed by atoms with van der Waals surface area (Å²) < 4.78 is 1.81. The third kappa shape index (κ3) is 3.13. The average Bonchev–Trinajstić information content (AvgIpc) is 3.38. The van der Waals surface area contributed by atoms with Crippen LogP contribution in [0, 0.1) is 5.41 Å². The van der Waals surface area contributed by atoms with Crippen molar-refractivity contribution in [3.05, 3.63) is 83.9 Å². The van der Waals surface area contributed by atoms with Gasteiger partial charge in [0.15, 0.2) is 5.82 Å². The van der Waals surface area contributed by atoms with E-state index in [1.165, 1.54) is 5.56 Å². The molecule has 0 spiro atoms. The highest BCUT2D eigenvalue weighted by Gasteiger charge is 2.19. The molecule has 0 saturated heterocycles. The molecule has 6 heteroatoms. The van der Waals surface area contributed by atoms with Crippen LogP contribution in [0.1, 0.15) is 23.1 Å². The standard InChI is InChI=1S/C23H20N6/c24-12-15-1-6-22(27-13-15)29-14-20(23(28-29)16-7-9-26-10-8-16)18-2-4-19-17(11-18)3-5-21(19)25/h1-2,4,6-11,13-14,25H,3,5,12,24H2. The average molecular weight is 380 g/mol. The van der Waals surface area contributed by atoms with Crippen LogP contribution in [-0.4, -0.2) is 25.5 Å². The number of hydrogen-bond acceptors (Lipinski definition) is 5. The van der Waals surface area contributed by atoms with Crippen molar-refractivity contribution in [1.82, 2.24) is 19.7 Å². The van der Waals surface area contributed by atoms with Crippen LogP contribution in [0.4, 0.5) is 0 Å². The molecule has 0 atom stereocenters. The second kappa shape index (κ2) is 7.07. The fourth-order valence-electron chi connectivity index (χ4n) is 3.76. The first-order valence-corrected chi connectivity index (χ1v) is 9.59. The zero-order valence-electron chi connectivity index (χ0n) is 15.8. The Bertz CT molecular complexity index is 1190. The van der Waals surface area contributed by atoms with E-state index >= 15 is 0 Å². The van der Waals surface area contributed by atoms with Gasteiger partial charge in [0, 0.05) is 48.2 Å². The minimum Gasteiger partial charge on any atom is -0.326 e. The highest BCUT2D eigenvalue weighted by atomic mass is 15.3. The molecule has 0 aliphatic heterocycles. The fraction of sp³-hybridized carbons (Fsp3) is 0.130. The van der Waals surface area contributed by atoms with E-state index in [0.717, 1.165) is 57.9 Å². The molecule has 5 rings (SSSR count). The summed E-state index contributed by atoms with van der Waals surface area (Å²) in [6.07, 6.45) is 9.08. The van der Waals surface area contributed by atoms with Crippen molar-refractivity contribution < 1.29 is 0 Å². The van der Waals surface area contributed by atoms with Gasteiger partial charge in [-0.2, -0.15) is 5.10 Å². The van der Waals surface area contributed by atoms with E-state index in [1.807, 2.05) is 30.5 Å². The molecule has 3 N–H and O–H groups in total. The molecule has 4 aromatic rings. The van der Waals surface area contributed by atoms with Gasteiger partial charge in [-0.25, -0.2) is 9.67 Å². The predicted molar refractivity (Wildman–Crippen MR) is 113 cm³/mol. The van der Waals surface area contributed by atoms with Gasteiger partial charge in [0.05, 0.1) is 0 Å². The number of nitrogens with two attached hydrogens (primary N) is 1. The van der Waals surface area contributed by atoms with Crippen LogP contribution in [0.25, 0.3) is 28.2 Å². The molecule has 0 amide bonds. The van der Waals surface area contributed by atoms with Crippen LogP contribution in [0.3, 0.4) is 0 Å². The number of hydrogen-bond donors (Lipinski definition) is 2. The summed E-state index contributed by atoms with van der Waals surface area (Å²) in [6, 6.07) is 14.1. The number of aromatic nitrogens is 4. The van der Waals surface area contributed by atoms with Gasteiger partial charge in [-0.1, -0.05) is 24.3 Å². The smallest absolute Gasteiger partial charge is 0.153 e. The minimum atomic E-state index is 0.462. The molecule has 0 bridgehead atoms. The summed E-state index contributed by atoms with van der Waals surface area (Å²) in [6.45, 7) is 0.462. The van der Waals surface area contributed by atoms with Crippen molar-refractivity contribution in [2.45, 2.75) is 19.4 Å². The number of benzene rings is 1. The molecule has 0 radical (unpaired) electrons. The lowest BCUT2D eigenvalue weighted by Gasteiger charge is -2.05. The Labute approximate surface area is 168 Å². The van der Waals surface area contributed by atoms with Crippen LogP contribution in [0.5, 0.6) is 0 Å². The summed E-state index contributed by atoms with van der Waals surface area (Å²) in [7, 11) is 0. The Hall–Kier alpha value is -3.64. The topological polar surface area (TPSA) is 93.5 Å². The molecule has 6 nitrogen and oxygen atoms in total. The lowest BCUT2D eigenvalue weighted by atomic mass is 9.98. The van der Waals surface area contributed by atoms with E-state index in [0.29, 0.717) is 6.54 Å². The lowest BCUT2D eigenvalue weighted by Crippen LogP contribution is -2.01. The molecule has 142 valence electrons. The van der Waals surface area contributed by atoms with Gasteiger partial charge in [0.2, 0.25) is 0 Å². The first kappa shape index (κ1) is 17.5. The number of aryl methyl sites for hydroxylation is 1. The lowest BCUT2D eigenvalue weighted by molar-refractivity contribution is 0.845. The third-order valence-electron chi connectivity index (χ3n) is 5.33. The molecule has 3 heterocycles. The van der Waals surface area contributed by atoms with Crippen molar-refractivity contribution in [2.75, 3.05) is 0 Å². The van der Waals surface area contributed by atoms with Gasteiger partial charge >= 0.3 is 0 Å². The van der Waals surface area contributed by atoms with Gasteiger partial charge in [-0.15, -0.1) is 0 Å². The SMILES string of the molecule is N=C1CCc2cc(-c3cn(-c4ccc(CN)cn4)nc3-c3ccncc3)ccc21. The first-order chi connectivity index (χ1) is 14.2. The highest BCUT2D eigenvalue weighted by Crippen LogP contribution is 2.34. The van der Waals surface area contributed by atoms with Gasteiger partial charge in [0.25, 0.3) is 0 Å². The van der Waals surface area contributed by atoms with Crippen LogP contribution < -0.4 is 5.73 Å². The number of pyridine rings is 2. The first-order valence-electron chi connectivity index (χ1n) is 9.59. The molecule has 1 aromatic carbocycles. The summed E-state index contributed by atoms with van der Waals surface area (Å²) in [5.41, 5.74) is 13.7. The molecule has 0 fully saturated rings. The van der Waals surface area contributed by atoms with E-state index in [-0.39, 0.29) is 0 Å². The second-order valence-corrected chi connectivity index (χ2v) is 7.15. The maximum absolute atomic E-state index is 8.09.